The number of ketones is 1. The third-order valence-corrected chi connectivity index (χ3v) is 2.24. The smallest absolute Gasteiger partial charge is 0.132 e. The van der Waals surface area contributed by atoms with Crippen molar-refractivity contribution in [3.63, 3.8) is 0 Å². The topological polar surface area (TPSA) is 17.1 Å². The second-order valence-electron chi connectivity index (χ2n) is 2.89. The van der Waals surface area contributed by atoms with Gasteiger partial charge in [0.2, 0.25) is 0 Å². The summed E-state index contributed by atoms with van der Waals surface area (Å²) in [4.78, 5) is 10.7. The normalized spacial score (nSPS) is 22.4. The Morgan fingerprint density at radius 1 is 1.44 bits per heavy atom. The Balaban J connectivity index is 2.26. The Kier molecular flexibility index (Phi) is 2.32. The molecule has 0 atom stereocenters. The molecular formula is C7H13BO. The zero-order valence-corrected chi connectivity index (χ0v) is 6.02. The fourth-order valence-electron chi connectivity index (χ4n) is 1.41. The summed E-state index contributed by atoms with van der Waals surface area (Å²) in [5.74, 6) is 1.32. The molecule has 1 aliphatic rings. The second-order valence-corrected chi connectivity index (χ2v) is 2.89. The van der Waals surface area contributed by atoms with Crippen molar-refractivity contribution < 1.29 is 4.79 Å². The number of carbonyl (C=O) groups is 1. The molecule has 0 unspecified atom stereocenters. The molecule has 0 aliphatic heterocycles. The van der Waals surface area contributed by atoms with E-state index in [0.717, 1.165) is 31.6 Å². The van der Waals surface area contributed by atoms with Gasteiger partial charge < -0.3 is 0 Å². The summed E-state index contributed by atoms with van der Waals surface area (Å²) >= 11 is 0. The van der Waals surface area contributed by atoms with Crippen molar-refractivity contribution in [1.82, 2.24) is 0 Å². The van der Waals surface area contributed by atoms with Gasteiger partial charge in [-0.2, -0.15) is 0 Å². The third-order valence-electron chi connectivity index (χ3n) is 2.24. The van der Waals surface area contributed by atoms with Crippen molar-refractivity contribution in [3.8, 4) is 0 Å². The Hall–Kier alpha value is -0.265. The molecule has 2 heteroatoms. The van der Waals surface area contributed by atoms with Crippen LogP contribution in [0, 0.1) is 5.92 Å². The predicted octanol–water partition coefficient (Wildman–Crippen LogP) is 0.797. The van der Waals surface area contributed by atoms with E-state index >= 15 is 0 Å². The first-order chi connectivity index (χ1) is 4.33. The van der Waals surface area contributed by atoms with Gasteiger partial charge in [-0.05, 0) is 18.8 Å². The maximum Gasteiger partial charge on any atom is 0.132 e. The summed E-state index contributed by atoms with van der Waals surface area (Å²) in [5.41, 5.74) is 0. The average molecular weight is 124 g/mol. The zero-order chi connectivity index (χ0) is 6.69. The van der Waals surface area contributed by atoms with E-state index in [1.807, 2.05) is 0 Å². The molecule has 0 saturated heterocycles. The van der Waals surface area contributed by atoms with Gasteiger partial charge in [0.15, 0.2) is 0 Å². The SMILES string of the molecule is BCC1CCC(=O)CC1. The molecule has 0 heterocycles. The van der Waals surface area contributed by atoms with Crippen LogP contribution in [0.15, 0.2) is 0 Å². The van der Waals surface area contributed by atoms with Crippen LogP contribution in [0.2, 0.25) is 6.32 Å². The van der Waals surface area contributed by atoms with E-state index in [1.54, 1.807) is 0 Å². The number of hydrogen-bond acceptors (Lipinski definition) is 1. The summed E-state index contributed by atoms with van der Waals surface area (Å²) < 4.78 is 0. The van der Waals surface area contributed by atoms with Crippen molar-refractivity contribution in [2.45, 2.75) is 32.0 Å². The van der Waals surface area contributed by atoms with E-state index in [-0.39, 0.29) is 0 Å². The first kappa shape index (κ1) is 6.85. The van der Waals surface area contributed by atoms with Crippen LogP contribution < -0.4 is 0 Å². The largest absolute Gasteiger partial charge is 0.300 e. The van der Waals surface area contributed by atoms with E-state index in [4.69, 9.17) is 0 Å². The lowest BCUT2D eigenvalue weighted by Gasteiger charge is -2.18. The molecule has 50 valence electrons. The van der Waals surface area contributed by atoms with Crippen LogP contribution in [-0.2, 0) is 4.79 Å². The van der Waals surface area contributed by atoms with E-state index in [2.05, 4.69) is 7.85 Å². The molecule has 9 heavy (non-hydrogen) atoms. The maximum atomic E-state index is 10.7. The fraction of sp³-hybridized carbons (Fsp3) is 0.857. The van der Waals surface area contributed by atoms with Crippen LogP contribution in [-0.4, -0.2) is 13.6 Å². The Labute approximate surface area is 57.2 Å². The molecule has 0 spiro atoms. The average Bonchev–Trinajstić information content (AvgIpc) is 1.90. The Morgan fingerprint density at radius 2 is 2.00 bits per heavy atom. The summed E-state index contributed by atoms with van der Waals surface area (Å²) in [7, 11) is 2.21. The minimum atomic E-state index is 0.472. The van der Waals surface area contributed by atoms with E-state index in [0.29, 0.717) is 5.78 Å². The van der Waals surface area contributed by atoms with Crippen molar-refractivity contribution in [3.05, 3.63) is 0 Å². The van der Waals surface area contributed by atoms with Crippen LogP contribution in [0.5, 0.6) is 0 Å². The second kappa shape index (κ2) is 3.04. The molecule has 1 rings (SSSR count). The lowest BCUT2D eigenvalue weighted by atomic mass is 9.80. The van der Waals surface area contributed by atoms with Crippen LogP contribution in [0.25, 0.3) is 0 Å². The summed E-state index contributed by atoms with van der Waals surface area (Å²) in [5, 5.41) is 0. The van der Waals surface area contributed by atoms with Crippen molar-refractivity contribution in [2.24, 2.45) is 5.92 Å². The number of rotatable bonds is 1. The van der Waals surface area contributed by atoms with Gasteiger partial charge in [-0.15, -0.1) is 0 Å². The van der Waals surface area contributed by atoms with E-state index in [1.165, 1.54) is 6.32 Å². The van der Waals surface area contributed by atoms with Gasteiger partial charge in [-0.3, -0.25) is 4.79 Å². The Morgan fingerprint density at radius 3 is 2.44 bits per heavy atom. The van der Waals surface area contributed by atoms with Crippen LogP contribution in [0.4, 0.5) is 0 Å². The number of hydrogen-bond donors (Lipinski definition) is 0. The minimum absolute atomic E-state index is 0.472. The van der Waals surface area contributed by atoms with Gasteiger partial charge in [-0.1, -0.05) is 6.32 Å². The Bertz CT molecular complexity index is 101. The highest BCUT2D eigenvalue weighted by Crippen LogP contribution is 2.23. The van der Waals surface area contributed by atoms with Gasteiger partial charge in [0.05, 0.1) is 0 Å². The van der Waals surface area contributed by atoms with Gasteiger partial charge in [0.1, 0.15) is 13.6 Å². The van der Waals surface area contributed by atoms with Gasteiger partial charge >= 0.3 is 0 Å². The monoisotopic (exact) mass is 124 g/mol. The number of Topliss-reactive ketones (excluding diaryl/α,β-unsaturated/α-hetero) is 1. The molecule has 1 nitrogen and oxygen atoms in total. The van der Waals surface area contributed by atoms with Crippen molar-refractivity contribution in [1.29, 1.82) is 0 Å². The number of carbonyl (C=O) groups excluding carboxylic acids is 1. The highest BCUT2D eigenvalue weighted by atomic mass is 16.1. The predicted molar refractivity (Wildman–Crippen MR) is 40.3 cm³/mol. The van der Waals surface area contributed by atoms with Crippen LogP contribution >= 0.6 is 0 Å². The summed E-state index contributed by atoms with van der Waals surface area (Å²) in [6.07, 6.45) is 5.24. The van der Waals surface area contributed by atoms with E-state index in [9.17, 15) is 4.79 Å². The molecule has 1 fully saturated rings. The van der Waals surface area contributed by atoms with Crippen LogP contribution in [0.3, 0.4) is 0 Å². The molecule has 0 aromatic carbocycles. The molecule has 0 bridgehead atoms. The van der Waals surface area contributed by atoms with Gasteiger partial charge in [0, 0.05) is 12.8 Å². The minimum Gasteiger partial charge on any atom is -0.300 e. The van der Waals surface area contributed by atoms with Crippen LogP contribution in [0.1, 0.15) is 25.7 Å². The molecule has 0 N–H and O–H groups in total. The van der Waals surface area contributed by atoms with Crippen molar-refractivity contribution >= 4 is 13.6 Å². The lowest BCUT2D eigenvalue weighted by Crippen LogP contribution is -2.12. The quantitative estimate of drug-likeness (QED) is 0.472. The molecular weight excluding hydrogens is 111 g/mol. The molecule has 0 aromatic rings. The molecule has 0 radical (unpaired) electrons. The highest BCUT2D eigenvalue weighted by Gasteiger charge is 2.15. The molecule has 0 aromatic heterocycles. The first-order valence-electron chi connectivity index (χ1n) is 3.84. The maximum absolute atomic E-state index is 10.7. The first-order valence-corrected chi connectivity index (χ1v) is 3.84. The molecule has 1 aliphatic carbocycles. The molecule has 1 saturated carbocycles. The fourth-order valence-corrected chi connectivity index (χ4v) is 1.41. The summed E-state index contributed by atoms with van der Waals surface area (Å²) in [6, 6.07) is 0. The lowest BCUT2D eigenvalue weighted by molar-refractivity contribution is -0.120. The highest BCUT2D eigenvalue weighted by molar-refractivity contribution is 6.08. The standard InChI is InChI=1S/C7H13BO/c8-5-6-1-3-7(9)4-2-6/h6H,1-5,8H2. The van der Waals surface area contributed by atoms with Crippen molar-refractivity contribution in [2.75, 3.05) is 0 Å². The van der Waals surface area contributed by atoms with Gasteiger partial charge in [-0.25, -0.2) is 0 Å². The third kappa shape index (κ3) is 1.85. The van der Waals surface area contributed by atoms with E-state index < -0.39 is 0 Å². The summed E-state index contributed by atoms with van der Waals surface area (Å²) in [6.45, 7) is 0. The molecule has 0 amide bonds. The zero-order valence-electron chi connectivity index (χ0n) is 6.02. The van der Waals surface area contributed by atoms with Gasteiger partial charge in [0.25, 0.3) is 0 Å².